The Morgan fingerprint density at radius 2 is 1.05 bits per heavy atom. The quantitative estimate of drug-likeness (QED) is 0.252. The molecule has 0 spiro atoms. The third-order valence-electron chi connectivity index (χ3n) is 7.45. The SMILES string of the molecule is c1ccc(-n2c3ccncc3c3cc(-c4ccc5c(c4)c4ncccc4n5-c4ccccc4)ccc32)cc1. The van der Waals surface area contributed by atoms with Gasteiger partial charge in [-0.05, 0) is 77.9 Å². The standard InChI is InChI=1S/C34H22N4/c1-3-8-25(9-4-1)37-30-15-13-23(20-27(30)29-22-35-19-17-32(29)37)24-14-16-31-28(21-24)34-33(12-7-18-36-34)38(31)26-10-5-2-6-11-26/h1-22H. The van der Waals surface area contributed by atoms with Gasteiger partial charge >= 0.3 is 0 Å². The summed E-state index contributed by atoms with van der Waals surface area (Å²) < 4.78 is 4.61. The van der Waals surface area contributed by atoms with Gasteiger partial charge in [-0.2, -0.15) is 0 Å². The van der Waals surface area contributed by atoms with E-state index in [1.807, 2.05) is 30.7 Å². The molecule has 0 amide bonds. The molecular formula is C34H22N4. The van der Waals surface area contributed by atoms with Gasteiger partial charge in [0.25, 0.3) is 0 Å². The summed E-state index contributed by atoms with van der Waals surface area (Å²) in [6.45, 7) is 0. The maximum absolute atomic E-state index is 4.79. The molecule has 0 saturated carbocycles. The van der Waals surface area contributed by atoms with Crippen molar-refractivity contribution in [1.82, 2.24) is 19.1 Å². The average Bonchev–Trinajstić information content (AvgIpc) is 3.50. The molecule has 0 aliphatic heterocycles. The first-order valence-corrected chi connectivity index (χ1v) is 12.8. The van der Waals surface area contributed by atoms with Crippen molar-refractivity contribution in [2.24, 2.45) is 0 Å². The summed E-state index contributed by atoms with van der Waals surface area (Å²) in [6.07, 6.45) is 5.72. The van der Waals surface area contributed by atoms with Gasteiger partial charge in [0.1, 0.15) is 0 Å². The Bertz CT molecular complexity index is 1960. The number of aromatic nitrogens is 4. The molecule has 178 valence electrons. The predicted molar refractivity (Wildman–Crippen MR) is 156 cm³/mol. The molecule has 0 aliphatic rings. The summed E-state index contributed by atoms with van der Waals surface area (Å²) in [5, 5.41) is 3.49. The molecule has 8 aromatic rings. The Labute approximate surface area is 219 Å². The van der Waals surface area contributed by atoms with Gasteiger partial charge in [-0.25, -0.2) is 0 Å². The highest BCUT2D eigenvalue weighted by atomic mass is 15.0. The Morgan fingerprint density at radius 1 is 0.447 bits per heavy atom. The van der Waals surface area contributed by atoms with Crippen LogP contribution in [0.3, 0.4) is 0 Å². The first-order valence-electron chi connectivity index (χ1n) is 12.8. The fourth-order valence-corrected chi connectivity index (χ4v) is 5.77. The first kappa shape index (κ1) is 20.9. The van der Waals surface area contributed by atoms with Crippen molar-refractivity contribution in [3.63, 3.8) is 0 Å². The van der Waals surface area contributed by atoms with Crippen LogP contribution in [0, 0.1) is 0 Å². The maximum atomic E-state index is 4.79. The highest BCUT2D eigenvalue weighted by molar-refractivity contribution is 6.11. The molecule has 8 rings (SSSR count). The molecule has 4 heteroatoms. The Hall–Kier alpha value is -5.22. The predicted octanol–water partition coefficient (Wildman–Crippen LogP) is 8.34. The number of nitrogens with zero attached hydrogens (tertiary/aromatic N) is 4. The average molecular weight is 487 g/mol. The molecule has 4 heterocycles. The van der Waals surface area contributed by atoms with Crippen LogP contribution in [0.2, 0.25) is 0 Å². The van der Waals surface area contributed by atoms with Crippen LogP contribution in [0.15, 0.2) is 134 Å². The zero-order valence-electron chi connectivity index (χ0n) is 20.5. The van der Waals surface area contributed by atoms with Crippen LogP contribution in [0.4, 0.5) is 0 Å². The molecule has 4 nitrogen and oxygen atoms in total. The Kier molecular flexibility index (Phi) is 4.49. The van der Waals surface area contributed by atoms with Crippen LogP contribution in [0.5, 0.6) is 0 Å². The minimum Gasteiger partial charge on any atom is -0.309 e. The molecule has 0 bridgehead atoms. The van der Waals surface area contributed by atoms with Crippen LogP contribution < -0.4 is 0 Å². The van der Waals surface area contributed by atoms with Gasteiger partial charge in [-0.1, -0.05) is 48.5 Å². The zero-order chi connectivity index (χ0) is 25.1. The highest BCUT2D eigenvalue weighted by Gasteiger charge is 2.16. The van der Waals surface area contributed by atoms with Crippen molar-refractivity contribution >= 4 is 43.7 Å². The lowest BCUT2D eigenvalue weighted by Gasteiger charge is -2.09. The summed E-state index contributed by atoms with van der Waals surface area (Å²) in [5.74, 6) is 0. The van der Waals surface area contributed by atoms with Crippen molar-refractivity contribution in [3.8, 4) is 22.5 Å². The summed E-state index contributed by atoms with van der Waals surface area (Å²) in [6, 6.07) is 40.7. The second kappa shape index (κ2) is 8.15. The first-order chi connectivity index (χ1) is 18.9. The van der Waals surface area contributed by atoms with E-state index in [2.05, 4.69) is 117 Å². The summed E-state index contributed by atoms with van der Waals surface area (Å²) in [7, 11) is 0. The number of rotatable bonds is 3. The molecule has 0 atom stereocenters. The van der Waals surface area contributed by atoms with Gasteiger partial charge < -0.3 is 9.13 Å². The molecular weight excluding hydrogens is 464 g/mol. The molecule has 0 fully saturated rings. The van der Waals surface area contributed by atoms with Crippen LogP contribution in [-0.2, 0) is 0 Å². The largest absolute Gasteiger partial charge is 0.309 e. The molecule has 0 unspecified atom stereocenters. The summed E-state index contributed by atoms with van der Waals surface area (Å²) in [5.41, 5.74) is 10.2. The van der Waals surface area contributed by atoms with Gasteiger partial charge in [-0.3, -0.25) is 9.97 Å². The van der Waals surface area contributed by atoms with Gasteiger partial charge in [0.15, 0.2) is 0 Å². The lowest BCUT2D eigenvalue weighted by molar-refractivity contribution is 1.17. The number of fused-ring (bicyclic) bond motifs is 6. The molecule has 0 N–H and O–H groups in total. The summed E-state index contributed by atoms with van der Waals surface area (Å²) in [4.78, 5) is 9.24. The van der Waals surface area contributed by atoms with Crippen LogP contribution in [-0.4, -0.2) is 19.1 Å². The third kappa shape index (κ3) is 3.04. The van der Waals surface area contributed by atoms with Gasteiger partial charge in [0.05, 0.1) is 27.6 Å². The molecule has 0 radical (unpaired) electrons. The van der Waals surface area contributed by atoms with Gasteiger partial charge in [0, 0.05) is 46.1 Å². The lowest BCUT2D eigenvalue weighted by atomic mass is 10.0. The molecule has 0 saturated heterocycles. The van der Waals surface area contributed by atoms with E-state index in [9.17, 15) is 0 Å². The molecule has 4 aromatic carbocycles. The van der Waals surface area contributed by atoms with E-state index < -0.39 is 0 Å². The van der Waals surface area contributed by atoms with Crippen molar-refractivity contribution < 1.29 is 0 Å². The monoisotopic (exact) mass is 486 g/mol. The van der Waals surface area contributed by atoms with Crippen LogP contribution >= 0.6 is 0 Å². The topological polar surface area (TPSA) is 35.6 Å². The number of benzene rings is 4. The fraction of sp³-hybridized carbons (Fsp3) is 0. The zero-order valence-corrected chi connectivity index (χ0v) is 20.5. The van der Waals surface area contributed by atoms with E-state index in [4.69, 9.17) is 4.98 Å². The van der Waals surface area contributed by atoms with Gasteiger partial charge in [-0.15, -0.1) is 0 Å². The van der Waals surface area contributed by atoms with E-state index in [-0.39, 0.29) is 0 Å². The second-order valence-corrected chi connectivity index (χ2v) is 9.57. The van der Waals surface area contributed by atoms with Crippen molar-refractivity contribution in [2.75, 3.05) is 0 Å². The number of pyridine rings is 2. The van der Waals surface area contributed by atoms with Crippen molar-refractivity contribution in [1.29, 1.82) is 0 Å². The van der Waals surface area contributed by atoms with E-state index in [0.29, 0.717) is 0 Å². The van der Waals surface area contributed by atoms with Crippen molar-refractivity contribution in [2.45, 2.75) is 0 Å². The van der Waals surface area contributed by atoms with E-state index in [1.54, 1.807) is 0 Å². The summed E-state index contributed by atoms with van der Waals surface area (Å²) >= 11 is 0. The van der Waals surface area contributed by atoms with E-state index >= 15 is 0 Å². The fourth-order valence-electron chi connectivity index (χ4n) is 5.77. The highest BCUT2D eigenvalue weighted by Crippen LogP contribution is 2.37. The van der Waals surface area contributed by atoms with Crippen molar-refractivity contribution in [3.05, 3.63) is 134 Å². The van der Waals surface area contributed by atoms with E-state index in [0.717, 1.165) is 44.2 Å². The minimum absolute atomic E-state index is 1.01. The second-order valence-electron chi connectivity index (χ2n) is 9.57. The number of para-hydroxylation sites is 2. The maximum Gasteiger partial charge on any atom is 0.0963 e. The van der Waals surface area contributed by atoms with E-state index in [1.165, 1.54) is 22.0 Å². The third-order valence-corrected chi connectivity index (χ3v) is 7.45. The lowest BCUT2D eigenvalue weighted by Crippen LogP contribution is -1.93. The smallest absolute Gasteiger partial charge is 0.0963 e. The molecule has 0 aliphatic carbocycles. The minimum atomic E-state index is 1.01. The van der Waals surface area contributed by atoms with Crippen LogP contribution in [0.1, 0.15) is 0 Å². The molecule has 4 aromatic heterocycles. The Balaban J connectivity index is 1.36. The van der Waals surface area contributed by atoms with Crippen LogP contribution in [0.25, 0.3) is 66.2 Å². The normalized spacial score (nSPS) is 11.7. The Morgan fingerprint density at radius 3 is 1.76 bits per heavy atom. The molecule has 38 heavy (non-hydrogen) atoms. The number of hydrogen-bond acceptors (Lipinski definition) is 2. The number of hydrogen-bond donors (Lipinski definition) is 0. The van der Waals surface area contributed by atoms with Gasteiger partial charge in [0.2, 0.25) is 0 Å².